The lowest BCUT2D eigenvalue weighted by Crippen LogP contribution is -2.04. The highest BCUT2D eigenvalue weighted by atomic mass is 16.3. The minimum absolute atomic E-state index is 0.0612. The molecule has 0 atom stereocenters. The molecular formula is C91H65N33O2. The van der Waals surface area contributed by atoms with Crippen LogP contribution in [0.25, 0.3) is 168 Å². The Bertz CT molecular complexity index is 7450. The molecule has 5 aromatic carbocycles. The summed E-state index contributed by atoms with van der Waals surface area (Å²) in [7, 11) is 1.73. The SMILES string of the molecule is Cc1[nH]ncc1-c1nc(N)c(C#N)nc1-c1ccc2ncccc2c1.Cc1ccoc1-c1nc(N)c(C#N)nc1-c1ccc2ncccc2c1.Cc1coc(-c2nc(N)c(C#N)nc2-c2ccc3ncccc3c2)c1.Cc1n[nH]nc1-c1nc(N)c(C#N)nc1-c1ccc2ncccc2c1.Cc1nn(C)nc1-c1nc(N)c(C#N)nc1-c1ccc2ncccc2c1. The second kappa shape index (κ2) is 34.9. The van der Waals surface area contributed by atoms with E-state index in [4.69, 9.17) is 37.5 Å². The second-order valence-electron chi connectivity index (χ2n) is 28.1. The van der Waals surface area contributed by atoms with E-state index in [9.17, 15) is 26.3 Å². The van der Waals surface area contributed by atoms with E-state index in [0.717, 1.165) is 105 Å². The molecular weight excluding hydrogens is 1590 g/mol. The number of pyridine rings is 5. The van der Waals surface area contributed by atoms with Crippen molar-refractivity contribution in [2.45, 2.75) is 34.6 Å². The molecule has 0 spiro atoms. The van der Waals surface area contributed by atoms with Gasteiger partial charge in [0, 0.05) is 104 Å². The number of nitriles is 5. The highest BCUT2D eigenvalue weighted by Gasteiger charge is 2.26. The monoisotopic (exact) mass is 1650 g/mol. The number of nitrogens with two attached hydrogens (primary N) is 5. The minimum Gasteiger partial charge on any atom is -0.462 e. The summed E-state index contributed by atoms with van der Waals surface area (Å²) >= 11 is 0. The lowest BCUT2D eigenvalue weighted by Gasteiger charge is -2.10. The second-order valence-corrected chi connectivity index (χ2v) is 28.1. The van der Waals surface area contributed by atoms with E-state index in [1.54, 1.807) is 56.8 Å². The molecule has 35 heteroatoms. The molecule has 0 aliphatic carbocycles. The highest BCUT2D eigenvalue weighted by Crippen LogP contribution is 2.40. The van der Waals surface area contributed by atoms with Gasteiger partial charge >= 0.3 is 0 Å². The van der Waals surface area contributed by atoms with Crippen molar-refractivity contribution < 1.29 is 8.83 Å². The fourth-order valence-electron chi connectivity index (χ4n) is 13.6. The van der Waals surface area contributed by atoms with E-state index in [1.165, 1.54) is 4.80 Å². The number of aromatic nitrogens is 23. The fourth-order valence-corrected chi connectivity index (χ4v) is 13.6. The van der Waals surface area contributed by atoms with Crippen LogP contribution in [0.4, 0.5) is 29.1 Å². The third-order valence-electron chi connectivity index (χ3n) is 19.7. The molecule has 35 nitrogen and oxygen atoms in total. The third kappa shape index (κ3) is 16.6. The lowest BCUT2D eigenvalue weighted by atomic mass is 10.0. The van der Waals surface area contributed by atoms with Gasteiger partial charge in [0.1, 0.15) is 93.0 Å². The molecule has 20 rings (SSSR count). The van der Waals surface area contributed by atoms with Crippen LogP contribution in [0.3, 0.4) is 0 Å². The van der Waals surface area contributed by atoms with Gasteiger partial charge in [-0.2, -0.15) is 61.8 Å². The van der Waals surface area contributed by atoms with Crippen LogP contribution in [-0.2, 0) is 7.05 Å². The van der Waals surface area contributed by atoms with Gasteiger partial charge in [-0.05, 0) is 149 Å². The molecule has 0 saturated heterocycles. The average molecular weight is 1650 g/mol. The topological polar surface area (TPSA) is 570 Å². The van der Waals surface area contributed by atoms with Crippen molar-refractivity contribution in [3.8, 4) is 144 Å². The summed E-state index contributed by atoms with van der Waals surface area (Å²) in [6.07, 6.45) is 13.6. The van der Waals surface area contributed by atoms with Crippen LogP contribution < -0.4 is 28.7 Å². The number of hydrogen-bond acceptors (Lipinski definition) is 32. The van der Waals surface area contributed by atoms with Gasteiger partial charge in [0.25, 0.3) is 0 Å². The molecule has 0 unspecified atom stereocenters. The van der Waals surface area contributed by atoms with Crippen molar-refractivity contribution in [3.63, 3.8) is 0 Å². The Balaban J connectivity index is 0.000000116. The van der Waals surface area contributed by atoms with Gasteiger partial charge in [-0.25, -0.2) is 49.8 Å². The molecule has 15 heterocycles. The quantitative estimate of drug-likeness (QED) is 0.0668. The number of furan rings is 2. The largest absolute Gasteiger partial charge is 0.462 e. The third-order valence-corrected chi connectivity index (χ3v) is 19.7. The lowest BCUT2D eigenvalue weighted by molar-refractivity contribution is 0.578. The highest BCUT2D eigenvalue weighted by molar-refractivity contribution is 5.93. The predicted molar refractivity (Wildman–Crippen MR) is 472 cm³/mol. The number of fused-ring (bicyclic) bond motifs is 5. The van der Waals surface area contributed by atoms with Gasteiger partial charge in [0.05, 0.1) is 63.4 Å². The van der Waals surface area contributed by atoms with Crippen molar-refractivity contribution in [1.82, 2.24) is 115 Å². The average Bonchev–Trinajstić information content (AvgIpc) is 1.36. The van der Waals surface area contributed by atoms with Crippen molar-refractivity contribution >= 4 is 83.6 Å². The first-order chi connectivity index (χ1) is 61.2. The number of H-pyrrole nitrogens is 2. The summed E-state index contributed by atoms with van der Waals surface area (Å²) in [5.74, 6) is 1.54. The standard InChI is InChI=1S/2C19H13N5O.C18H14N8.C18H13N7.C17H12N8/c1-11-6-8-25-18(11)17-16(23-15(10-20)19(21)24-17)13-4-5-14-12(9-13)3-2-7-22-14;1-11-7-16(25-10-11)18-17(23-15(9-20)19(21)24-18)13-4-5-14-12(8-13)3-2-6-22-14;1-10-15(25-26(2)24-10)17-16(22-14(9-19)18(20)23-17)12-5-6-13-11(8-12)4-3-7-21-13;1-10-13(9-22-25-10)17-16(23-15(8-19)18(20)24-17)12-4-5-14-11(7-12)3-2-6-21-14;1-9-14(24-25-23-9)16-15(21-13(8-18)17(19)22-16)11-4-5-12-10(7-11)3-2-6-20-12/h2-9H,1H3,(H2,21,24);2-8,10H,1H3,(H2,21,24);3-8H,1-2H3,(H2,20,23);2-7,9H,1H3,(H2,20,24)(H,22,25);2-7H,1H3,(H2,19,22)(H,23,24,25). The normalized spacial score (nSPS) is 10.7. The maximum absolute atomic E-state index is 9.31. The maximum Gasteiger partial charge on any atom is 0.183 e. The molecule has 0 fully saturated rings. The minimum atomic E-state index is 0.0612. The number of aryl methyl sites for hydroxylation is 6. The number of nitrogens with one attached hydrogen (secondary N) is 2. The summed E-state index contributed by atoms with van der Waals surface area (Å²) < 4.78 is 11.2. The van der Waals surface area contributed by atoms with Crippen LogP contribution in [-0.4, -0.2) is 115 Å². The molecule has 606 valence electrons. The van der Waals surface area contributed by atoms with Crippen LogP contribution in [0, 0.1) is 91.3 Å². The Morgan fingerprint density at radius 1 is 0.349 bits per heavy atom. The van der Waals surface area contributed by atoms with E-state index in [0.29, 0.717) is 91.2 Å². The molecule has 0 aliphatic rings. The van der Waals surface area contributed by atoms with Crippen LogP contribution in [0.5, 0.6) is 0 Å². The van der Waals surface area contributed by atoms with E-state index < -0.39 is 0 Å². The van der Waals surface area contributed by atoms with Crippen molar-refractivity contribution in [2.75, 3.05) is 28.7 Å². The summed E-state index contributed by atoms with van der Waals surface area (Å²) in [6, 6.07) is 61.7. The first-order valence-corrected chi connectivity index (χ1v) is 38.2. The first kappa shape index (κ1) is 80.8. The van der Waals surface area contributed by atoms with Crippen LogP contribution >= 0.6 is 0 Å². The van der Waals surface area contributed by atoms with Gasteiger partial charge in [-0.1, -0.05) is 60.7 Å². The smallest absolute Gasteiger partial charge is 0.183 e. The van der Waals surface area contributed by atoms with Crippen LogP contribution in [0.15, 0.2) is 222 Å². The molecule has 0 saturated carbocycles. The summed E-state index contributed by atoms with van der Waals surface area (Å²) in [5.41, 5.74) is 49.6. The van der Waals surface area contributed by atoms with E-state index in [1.807, 2.05) is 229 Å². The van der Waals surface area contributed by atoms with Gasteiger partial charge in [0.2, 0.25) is 0 Å². The van der Waals surface area contributed by atoms with Crippen molar-refractivity contribution in [2.24, 2.45) is 7.05 Å². The molecule has 0 bridgehead atoms. The zero-order chi connectivity index (χ0) is 87.8. The Morgan fingerprint density at radius 3 is 1.03 bits per heavy atom. The zero-order valence-corrected chi connectivity index (χ0v) is 67.5. The number of nitrogens with zero attached hydrogens (tertiary/aromatic N) is 26. The van der Waals surface area contributed by atoms with Gasteiger partial charge in [0.15, 0.2) is 69.1 Å². The number of rotatable bonds is 10. The Morgan fingerprint density at radius 2 is 0.706 bits per heavy atom. The molecule has 15 aromatic heterocycles. The van der Waals surface area contributed by atoms with Gasteiger partial charge < -0.3 is 37.5 Å². The number of benzene rings is 5. The zero-order valence-electron chi connectivity index (χ0n) is 67.5. The van der Waals surface area contributed by atoms with E-state index in [-0.39, 0.29) is 57.6 Å². The summed E-state index contributed by atoms with van der Waals surface area (Å²) in [6.45, 7) is 9.39. The number of hydrogen-bond donors (Lipinski definition) is 7. The Hall–Kier alpha value is -18.9. The van der Waals surface area contributed by atoms with Gasteiger partial charge in [-0.15, -0.1) is 0 Å². The number of anilines is 5. The number of nitrogen functional groups attached to an aromatic ring is 5. The molecule has 0 aliphatic heterocycles. The fraction of sp³-hybridized carbons (Fsp3) is 0.0659. The Labute approximate surface area is 714 Å². The summed E-state index contributed by atoms with van der Waals surface area (Å²) in [5, 5.41) is 77.5. The van der Waals surface area contributed by atoms with E-state index in [2.05, 4.69) is 111 Å². The van der Waals surface area contributed by atoms with Crippen molar-refractivity contribution in [1.29, 1.82) is 26.3 Å². The van der Waals surface area contributed by atoms with Gasteiger partial charge in [-0.3, -0.25) is 30.0 Å². The number of aromatic amines is 2. The molecule has 126 heavy (non-hydrogen) atoms. The maximum atomic E-state index is 9.31. The van der Waals surface area contributed by atoms with E-state index >= 15 is 0 Å². The molecule has 0 amide bonds. The van der Waals surface area contributed by atoms with Crippen LogP contribution in [0.2, 0.25) is 0 Å². The summed E-state index contributed by atoms with van der Waals surface area (Å²) in [4.78, 5) is 67.2. The molecule has 0 radical (unpaired) electrons. The Kier molecular flexibility index (Phi) is 22.4. The molecule has 20 aromatic rings. The van der Waals surface area contributed by atoms with Crippen LogP contribution in [0.1, 0.15) is 56.7 Å². The first-order valence-electron chi connectivity index (χ1n) is 38.2. The van der Waals surface area contributed by atoms with Crippen molar-refractivity contribution in [3.05, 3.63) is 270 Å². The predicted octanol–water partition coefficient (Wildman–Crippen LogP) is 14.8. The molecule has 12 N–H and O–H groups in total.